The monoisotopic (exact) mass is 382 g/mol. The molecule has 1 N–H and O–H groups in total. The molecular formula is C20H22N4O4. The van der Waals surface area contributed by atoms with Crippen molar-refractivity contribution in [3.05, 3.63) is 47.3 Å². The lowest BCUT2D eigenvalue weighted by Gasteiger charge is -2.33. The summed E-state index contributed by atoms with van der Waals surface area (Å²) in [6, 6.07) is 3.74. The second-order valence-electron chi connectivity index (χ2n) is 6.77. The van der Waals surface area contributed by atoms with E-state index in [9.17, 15) is 9.59 Å². The highest BCUT2D eigenvalue weighted by Gasteiger charge is 2.39. The molecule has 0 amide bonds. The Morgan fingerprint density at radius 1 is 1.36 bits per heavy atom. The van der Waals surface area contributed by atoms with Gasteiger partial charge in [0.2, 0.25) is 11.7 Å². The van der Waals surface area contributed by atoms with Crippen LogP contribution < -0.4 is 0 Å². The molecule has 0 unspecified atom stereocenters. The highest BCUT2D eigenvalue weighted by Crippen LogP contribution is 2.31. The van der Waals surface area contributed by atoms with Gasteiger partial charge in [-0.05, 0) is 32.2 Å². The number of carbonyl (C=O) groups is 2. The fourth-order valence-corrected chi connectivity index (χ4v) is 3.37. The fraction of sp³-hybridized carbons (Fsp3) is 0.350. The van der Waals surface area contributed by atoms with Crippen LogP contribution in [0.15, 0.2) is 41.7 Å². The second kappa shape index (κ2) is 7.47. The third kappa shape index (κ3) is 3.27. The molecule has 4 rings (SSSR count). The molecule has 8 heteroatoms. The molecule has 1 fully saturated rings. The van der Waals surface area contributed by atoms with E-state index in [0.717, 1.165) is 29.7 Å². The van der Waals surface area contributed by atoms with Crippen LogP contribution in [0.1, 0.15) is 12.5 Å². The molecule has 0 radical (unpaired) electrons. The Morgan fingerprint density at radius 2 is 2.14 bits per heavy atom. The lowest BCUT2D eigenvalue weighted by Crippen LogP contribution is -2.44. The standard InChI is InChI=1S/C20H22N4O4/c1-3-27-20(26)16-17(25)15(28-19(16)24-9-7-23(2)8-10-24)11-13-12-22-18-14(13)5-4-6-21-18/h4-6,11-12H,3,7-10H2,1-2H3,(H,21,22). The van der Waals surface area contributed by atoms with Crippen molar-refractivity contribution in [2.24, 2.45) is 0 Å². The van der Waals surface area contributed by atoms with E-state index in [1.54, 1.807) is 25.4 Å². The molecule has 1 saturated heterocycles. The van der Waals surface area contributed by atoms with E-state index in [4.69, 9.17) is 9.47 Å². The summed E-state index contributed by atoms with van der Waals surface area (Å²) in [7, 11) is 2.04. The van der Waals surface area contributed by atoms with Crippen molar-refractivity contribution in [1.82, 2.24) is 19.8 Å². The SMILES string of the molecule is CCOC(=O)C1=C(N2CCN(C)CC2)OC(=Cc2c[nH]c3ncccc23)C1=O. The normalized spacial score (nSPS) is 19.6. The minimum Gasteiger partial charge on any atom is -0.462 e. The maximum Gasteiger partial charge on any atom is 0.347 e. The summed E-state index contributed by atoms with van der Waals surface area (Å²) in [5.41, 5.74) is 1.46. The summed E-state index contributed by atoms with van der Waals surface area (Å²) in [6.07, 6.45) is 5.10. The minimum atomic E-state index is -0.648. The summed E-state index contributed by atoms with van der Waals surface area (Å²) in [6.45, 7) is 4.90. The molecule has 0 aromatic carbocycles. The van der Waals surface area contributed by atoms with Crippen LogP contribution in [0.25, 0.3) is 17.1 Å². The first-order valence-electron chi connectivity index (χ1n) is 9.29. The molecule has 0 bridgehead atoms. The molecule has 2 aromatic rings. The first-order chi connectivity index (χ1) is 13.6. The number of likely N-dealkylation sites (N-methyl/N-ethyl adjacent to an activating group) is 1. The van der Waals surface area contributed by atoms with Crippen molar-refractivity contribution >= 4 is 28.9 Å². The molecule has 146 valence electrons. The highest BCUT2D eigenvalue weighted by atomic mass is 16.5. The summed E-state index contributed by atoms with van der Waals surface area (Å²) in [5.74, 6) is -0.696. The van der Waals surface area contributed by atoms with Gasteiger partial charge in [0.15, 0.2) is 11.3 Å². The van der Waals surface area contributed by atoms with Crippen LogP contribution in [0.4, 0.5) is 0 Å². The first kappa shape index (κ1) is 18.2. The number of hydrogen-bond acceptors (Lipinski definition) is 7. The Kier molecular flexibility index (Phi) is 4.87. The smallest absolute Gasteiger partial charge is 0.347 e. The Bertz CT molecular complexity index is 983. The predicted molar refractivity (Wildman–Crippen MR) is 103 cm³/mol. The predicted octanol–water partition coefficient (Wildman–Crippen LogP) is 1.53. The van der Waals surface area contributed by atoms with Gasteiger partial charge in [-0.1, -0.05) is 0 Å². The maximum absolute atomic E-state index is 13.0. The van der Waals surface area contributed by atoms with Crippen LogP contribution >= 0.6 is 0 Å². The molecular weight excluding hydrogens is 360 g/mol. The van der Waals surface area contributed by atoms with Gasteiger partial charge in [-0.2, -0.15) is 0 Å². The number of allylic oxidation sites excluding steroid dienone is 1. The third-order valence-corrected chi connectivity index (χ3v) is 4.91. The number of fused-ring (bicyclic) bond motifs is 1. The van der Waals surface area contributed by atoms with Gasteiger partial charge in [-0.25, -0.2) is 9.78 Å². The molecule has 2 aromatic heterocycles. The molecule has 0 aliphatic carbocycles. The van der Waals surface area contributed by atoms with E-state index in [2.05, 4.69) is 14.9 Å². The Hall–Kier alpha value is -3.13. The number of pyridine rings is 1. The summed E-state index contributed by atoms with van der Waals surface area (Å²) < 4.78 is 11.0. The van der Waals surface area contributed by atoms with Crippen molar-refractivity contribution in [3.8, 4) is 0 Å². The molecule has 0 spiro atoms. The number of H-pyrrole nitrogens is 1. The molecule has 28 heavy (non-hydrogen) atoms. The zero-order valence-electron chi connectivity index (χ0n) is 15.9. The zero-order valence-corrected chi connectivity index (χ0v) is 15.9. The summed E-state index contributed by atoms with van der Waals surface area (Å²) in [4.78, 5) is 36.9. The van der Waals surface area contributed by atoms with E-state index in [-0.39, 0.29) is 17.9 Å². The van der Waals surface area contributed by atoms with Gasteiger partial charge in [0.25, 0.3) is 0 Å². The molecule has 2 aliphatic heterocycles. The quantitative estimate of drug-likeness (QED) is 0.487. The maximum atomic E-state index is 13.0. The van der Waals surface area contributed by atoms with Gasteiger partial charge in [0.05, 0.1) is 6.61 Å². The van der Waals surface area contributed by atoms with E-state index < -0.39 is 11.8 Å². The fourth-order valence-electron chi connectivity index (χ4n) is 3.37. The highest BCUT2D eigenvalue weighted by molar-refractivity contribution is 6.26. The van der Waals surface area contributed by atoms with Gasteiger partial charge < -0.3 is 24.3 Å². The van der Waals surface area contributed by atoms with Crippen molar-refractivity contribution in [3.63, 3.8) is 0 Å². The van der Waals surface area contributed by atoms with Crippen molar-refractivity contribution in [2.75, 3.05) is 39.8 Å². The van der Waals surface area contributed by atoms with Gasteiger partial charge in [0.1, 0.15) is 5.65 Å². The number of carbonyl (C=O) groups excluding carboxylic acids is 2. The largest absolute Gasteiger partial charge is 0.462 e. The zero-order chi connectivity index (χ0) is 19.7. The topological polar surface area (TPSA) is 87.8 Å². The van der Waals surface area contributed by atoms with Gasteiger partial charge in [0, 0.05) is 49.5 Å². The van der Waals surface area contributed by atoms with Crippen molar-refractivity contribution in [1.29, 1.82) is 0 Å². The van der Waals surface area contributed by atoms with Crippen molar-refractivity contribution in [2.45, 2.75) is 6.92 Å². The lowest BCUT2D eigenvalue weighted by molar-refractivity contribution is -0.139. The van der Waals surface area contributed by atoms with Crippen LogP contribution in [0.5, 0.6) is 0 Å². The average molecular weight is 382 g/mol. The van der Waals surface area contributed by atoms with Gasteiger partial charge in [-0.15, -0.1) is 0 Å². The lowest BCUT2D eigenvalue weighted by atomic mass is 10.1. The Balaban J connectivity index is 1.69. The van der Waals surface area contributed by atoms with Gasteiger partial charge >= 0.3 is 5.97 Å². The van der Waals surface area contributed by atoms with Crippen molar-refractivity contribution < 1.29 is 19.1 Å². The summed E-state index contributed by atoms with van der Waals surface area (Å²) >= 11 is 0. The minimum absolute atomic E-state index is 0.0318. The second-order valence-corrected chi connectivity index (χ2v) is 6.77. The molecule has 0 saturated carbocycles. The molecule has 8 nitrogen and oxygen atoms in total. The average Bonchev–Trinajstić information content (AvgIpc) is 3.25. The number of nitrogens with zero attached hydrogens (tertiary/aromatic N) is 3. The van der Waals surface area contributed by atoms with Crippen LogP contribution in [0.3, 0.4) is 0 Å². The number of aromatic nitrogens is 2. The van der Waals surface area contributed by atoms with E-state index in [1.807, 2.05) is 24.1 Å². The number of Topliss-reactive ketones (excluding diaryl/α,β-unsaturated/α-hetero) is 1. The molecule has 0 atom stereocenters. The Morgan fingerprint density at radius 3 is 2.89 bits per heavy atom. The van der Waals surface area contributed by atoms with Crippen LogP contribution in [0.2, 0.25) is 0 Å². The molecule has 2 aliphatic rings. The van der Waals surface area contributed by atoms with Crippen LogP contribution in [-0.4, -0.2) is 71.4 Å². The number of hydrogen-bond donors (Lipinski definition) is 1. The molecule has 4 heterocycles. The number of piperazine rings is 1. The third-order valence-electron chi connectivity index (χ3n) is 4.91. The number of esters is 1. The van der Waals surface area contributed by atoms with Crippen LogP contribution in [-0.2, 0) is 19.1 Å². The number of ketones is 1. The number of rotatable bonds is 4. The van der Waals surface area contributed by atoms with E-state index in [1.165, 1.54) is 0 Å². The van der Waals surface area contributed by atoms with E-state index in [0.29, 0.717) is 19.0 Å². The number of ether oxygens (including phenoxy) is 2. The number of nitrogens with one attached hydrogen (secondary N) is 1. The van der Waals surface area contributed by atoms with Gasteiger partial charge in [-0.3, -0.25) is 4.79 Å². The first-order valence-corrected chi connectivity index (χ1v) is 9.29. The number of aromatic amines is 1. The van der Waals surface area contributed by atoms with E-state index >= 15 is 0 Å². The Labute approximate surface area is 162 Å². The van der Waals surface area contributed by atoms with Crippen LogP contribution in [0, 0.1) is 0 Å². The summed E-state index contributed by atoms with van der Waals surface area (Å²) in [5, 5.41) is 0.872.